The first-order chi connectivity index (χ1) is 19.8. The number of allylic oxidation sites excluding steroid dienone is 3. The number of carbonyl (C=O) groups is 2. The van der Waals surface area contributed by atoms with Crippen molar-refractivity contribution in [3.8, 4) is 0 Å². The highest BCUT2D eigenvalue weighted by Gasteiger charge is 2.65. The Labute approximate surface area is 253 Å². The second kappa shape index (κ2) is 11.2. The van der Waals surface area contributed by atoms with E-state index in [1.807, 2.05) is 42.3 Å². The zero-order valence-corrected chi connectivity index (χ0v) is 27.0. The molecule has 0 bridgehead atoms. The molecule has 0 saturated heterocycles. The lowest BCUT2D eigenvalue weighted by Crippen LogP contribution is -2.54. The average molecular weight is 577 g/mol. The molecular formula is C36H52N2O4. The van der Waals surface area contributed by atoms with Crippen molar-refractivity contribution >= 4 is 11.9 Å². The van der Waals surface area contributed by atoms with Crippen LogP contribution in [0.4, 0.5) is 0 Å². The molecule has 2 fully saturated rings. The number of esters is 1. The molecule has 0 heterocycles. The van der Waals surface area contributed by atoms with Gasteiger partial charge in [0, 0.05) is 43.0 Å². The largest absolute Gasteiger partial charge is 0.462 e. The highest BCUT2D eigenvalue weighted by molar-refractivity contribution is 5.94. The van der Waals surface area contributed by atoms with Crippen molar-refractivity contribution in [2.75, 3.05) is 27.7 Å². The molecule has 230 valence electrons. The third kappa shape index (κ3) is 4.77. The molecule has 1 aromatic rings. The van der Waals surface area contributed by atoms with Gasteiger partial charge in [-0.3, -0.25) is 9.59 Å². The Bertz CT molecular complexity index is 1260. The molecule has 6 nitrogen and oxygen atoms in total. The molecule has 1 amide bonds. The fraction of sp³-hybridized carbons (Fsp3) is 0.667. The van der Waals surface area contributed by atoms with Gasteiger partial charge >= 0.3 is 5.97 Å². The van der Waals surface area contributed by atoms with Gasteiger partial charge in [0.15, 0.2) is 0 Å². The van der Waals surface area contributed by atoms with Crippen LogP contribution in [0.25, 0.3) is 0 Å². The Hall–Kier alpha value is -2.44. The van der Waals surface area contributed by atoms with E-state index < -0.39 is 5.41 Å². The summed E-state index contributed by atoms with van der Waals surface area (Å²) in [6.07, 6.45) is 10.4. The molecule has 0 aromatic heterocycles. The molecular weight excluding hydrogens is 524 g/mol. The van der Waals surface area contributed by atoms with Crippen LogP contribution in [0.1, 0.15) is 83.5 Å². The maximum absolute atomic E-state index is 13.5. The lowest BCUT2D eigenvalue weighted by atomic mass is 9.51. The van der Waals surface area contributed by atoms with E-state index in [4.69, 9.17) is 4.74 Å². The van der Waals surface area contributed by atoms with Gasteiger partial charge in [-0.05, 0) is 94.3 Å². The van der Waals surface area contributed by atoms with Gasteiger partial charge in [-0.1, -0.05) is 62.3 Å². The molecule has 5 rings (SSSR count). The Morgan fingerprint density at radius 2 is 1.64 bits per heavy atom. The fourth-order valence-electron chi connectivity index (χ4n) is 9.92. The highest BCUT2D eigenvalue weighted by atomic mass is 16.5. The summed E-state index contributed by atoms with van der Waals surface area (Å²) in [7, 11) is 6.16. The van der Waals surface area contributed by atoms with Crippen LogP contribution in [0, 0.1) is 34.0 Å². The van der Waals surface area contributed by atoms with E-state index in [1.54, 1.807) is 6.92 Å². The smallest absolute Gasteiger partial charge is 0.302 e. The van der Waals surface area contributed by atoms with Crippen LogP contribution in [0.3, 0.4) is 0 Å². The van der Waals surface area contributed by atoms with Crippen LogP contribution in [0.2, 0.25) is 0 Å². The molecule has 0 radical (unpaired) electrons. The number of rotatable bonds is 6. The minimum Gasteiger partial charge on any atom is -0.462 e. The maximum Gasteiger partial charge on any atom is 0.302 e. The molecule has 2 saturated carbocycles. The molecule has 42 heavy (non-hydrogen) atoms. The summed E-state index contributed by atoms with van der Waals surface area (Å²) in [6, 6.07) is 9.67. The van der Waals surface area contributed by atoms with Crippen LogP contribution in [-0.2, 0) is 9.53 Å². The zero-order valence-electron chi connectivity index (χ0n) is 27.0. The van der Waals surface area contributed by atoms with E-state index in [1.165, 1.54) is 11.1 Å². The number of carbonyl (C=O) groups excluding carboxylic acids is 2. The number of hydrogen-bond acceptors (Lipinski definition) is 5. The minimum atomic E-state index is -0.431. The highest BCUT2D eigenvalue weighted by Crippen LogP contribution is 2.69. The molecule has 0 spiro atoms. The minimum absolute atomic E-state index is 0.00000119. The lowest BCUT2D eigenvalue weighted by molar-refractivity contribution is -0.150. The topological polar surface area (TPSA) is 70.1 Å². The van der Waals surface area contributed by atoms with Gasteiger partial charge in [-0.25, -0.2) is 0 Å². The van der Waals surface area contributed by atoms with Crippen LogP contribution >= 0.6 is 0 Å². The zero-order chi connectivity index (χ0) is 30.6. The summed E-state index contributed by atoms with van der Waals surface area (Å²) < 4.78 is 6.10. The maximum atomic E-state index is 13.5. The molecule has 1 aromatic carbocycles. The van der Waals surface area contributed by atoms with Gasteiger partial charge in [-0.2, -0.15) is 0 Å². The molecule has 4 aliphatic rings. The van der Waals surface area contributed by atoms with E-state index in [9.17, 15) is 14.7 Å². The summed E-state index contributed by atoms with van der Waals surface area (Å²) >= 11 is 0. The Morgan fingerprint density at radius 3 is 2.26 bits per heavy atom. The summed E-state index contributed by atoms with van der Waals surface area (Å²) in [6.45, 7) is 11.0. The van der Waals surface area contributed by atoms with Crippen molar-refractivity contribution in [1.29, 1.82) is 0 Å². The molecule has 0 aliphatic heterocycles. The standard InChI is InChI=1S/C36H52N2O4/c1-23(37(6)7)32-30(42-24(2)40)21-36(5)29-16-15-28-26(20-27(29)18-19-35(32,36)4)14-17-31(34(28,3)22-39)38(8)33(41)25-12-10-9-11-13-25/h9-14,18,23,28-32,39H,15-17,19-22H2,1-8H3/t23-,28+,29+,30+,31-,32-,34+,35+,36-/m0/s1. The van der Waals surface area contributed by atoms with Crippen molar-refractivity contribution in [1.82, 2.24) is 9.80 Å². The van der Waals surface area contributed by atoms with Crippen molar-refractivity contribution in [3.05, 3.63) is 59.2 Å². The molecule has 9 atom stereocenters. The second-order valence-corrected chi connectivity index (χ2v) is 14.7. The number of fused-ring (bicyclic) bond motifs is 4. The van der Waals surface area contributed by atoms with E-state index in [-0.39, 0.29) is 59.3 Å². The van der Waals surface area contributed by atoms with Crippen LogP contribution in [0.5, 0.6) is 0 Å². The summed E-state index contributed by atoms with van der Waals surface area (Å²) in [5.41, 5.74) is 3.20. The van der Waals surface area contributed by atoms with Crippen molar-refractivity contribution in [3.63, 3.8) is 0 Å². The van der Waals surface area contributed by atoms with Gasteiger partial charge in [0.25, 0.3) is 5.91 Å². The number of ether oxygens (including phenoxy) is 1. The quantitative estimate of drug-likeness (QED) is 0.327. The second-order valence-electron chi connectivity index (χ2n) is 14.7. The Kier molecular flexibility index (Phi) is 8.30. The average Bonchev–Trinajstić information content (AvgIpc) is 3.06. The number of aliphatic hydroxyl groups excluding tert-OH is 1. The van der Waals surface area contributed by atoms with E-state index in [2.05, 4.69) is 58.8 Å². The Balaban J connectivity index is 1.46. The first-order valence-electron chi connectivity index (χ1n) is 15.9. The van der Waals surface area contributed by atoms with Gasteiger partial charge in [0.1, 0.15) is 6.10 Å². The van der Waals surface area contributed by atoms with Crippen molar-refractivity contribution < 1.29 is 19.4 Å². The normalized spacial score (nSPS) is 38.3. The fourth-order valence-corrected chi connectivity index (χ4v) is 9.92. The number of nitrogens with zero attached hydrogens (tertiary/aromatic N) is 2. The van der Waals surface area contributed by atoms with E-state index >= 15 is 0 Å². The number of aliphatic hydroxyl groups is 1. The first kappa shape index (κ1) is 31.0. The van der Waals surface area contributed by atoms with Crippen LogP contribution in [0.15, 0.2) is 53.6 Å². The predicted molar refractivity (Wildman–Crippen MR) is 167 cm³/mol. The number of amides is 1. The van der Waals surface area contributed by atoms with Gasteiger partial charge in [0.05, 0.1) is 6.61 Å². The first-order valence-corrected chi connectivity index (χ1v) is 15.9. The molecule has 6 heteroatoms. The third-order valence-corrected chi connectivity index (χ3v) is 12.6. The van der Waals surface area contributed by atoms with Crippen LogP contribution in [-0.4, -0.2) is 72.7 Å². The van der Waals surface area contributed by atoms with E-state index in [0.717, 1.165) is 38.5 Å². The van der Waals surface area contributed by atoms with Crippen LogP contribution < -0.4 is 0 Å². The monoisotopic (exact) mass is 576 g/mol. The Morgan fingerprint density at radius 1 is 1.00 bits per heavy atom. The lowest BCUT2D eigenvalue weighted by Gasteiger charge is -2.53. The number of hydrogen-bond donors (Lipinski definition) is 1. The van der Waals surface area contributed by atoms with Crippen molar-refractivity contribution in [2.24, 2.45) is 34.0 Å². The number of benzene rings is 1. The summed E-state index contributed by atoms with van der Waals surface area (Å²) in [5, 5.41) is 11.0. The summed E-state index contributed by atoms with van der Waals surface area (Å²) in [4.78, 5) is 29.9. The SMILES string of the molecule is CC(=O)O[C@@H]1C[C@@]2(C)[C@@H]3CC[C@@H]4C(=CC[C@H](N(C)C(=O)c5ccccc5)[C@]4(C)CO)CC3=CC[C@]2(C)[C@H]1[C@H](C)N(C)C. The molecule has 4 aliphatic carbocycles. The van der Waals surface area contributed by atoms with Gasteiger partial charge < -0.3 is 19.6 Å². The third-order valence-electron chi connectivity index (χ3n) is 12.6. The van der Waals surface area contributed by atoms with E-state index in [0.29, 0.717) is 11.5 Å². The van der Waals surface area contributed by atoms with Gasteiger partial charge in [0.2, 0.25) is 0 Å². The van der Waals surface area contributed by atoms with Gasteiger partial charge in [-0.15, -0.1) is 0 Å². The summed E-state index contributed by atoms with van der Waals surface area (Å²) in [5.74, 6) is 0.662. The molecule has 0 unspecified atom stereocenters. The van der Waals surface area contributed by atoms with Crippen molar-refractivity contribution in [2.45, 2.75) is 91.3 Å². The predicted octanol–water partition coefficient (Wildman–Crippen LogP) is 6.12. The molecule has 1 N–H and O–H groups in total.